The Morgan fingerprint density at radius 1 is 1.07 bits per heavy atom. The summed E-state index contributed by atoms with van der Waals surface area (Å²) in [5, 5.41) is 14.3. The smallest absolute Gasteiger partial charge is 0.135 e. The number of benzene rings is 3. The molecular formula is C23H26O4. The molecule has 1 aliphatic heterocycles. The summed E-state index contributed by atoms with van der Waals surface area (Å²) < 4.78 is 17.4. The lowest BCUT2D eigenvalue weighted by atomic mass is 9.98. The highest BCUT2D eigenvalue weighted by atomic mass is 16.6. The van der Waals surface area contributed by atoms with E-state index in [2.05, 4.69) is 32.0 Å². The summed E-state index contributed by atoms with van der Waals surface area (Å²) in [7, 11) is 0. The van der Waals surface area contributed by atoms with Crippen molar-refractivity contribution in [3.05, 3.63) is 48.0 Å². The first-order valence-electron chi connectivity index (χ1n) is 9.73. The van der Waals surface area contributed by atoms with Crippen LogP contribution in [0.4, 0.5) is 0 Å². The molecule has 0 aromatic heterocycles. The normalized spacial score (nSPS) is 17.3. The summed E-state index contributed by atoms with van der Waals surface area (Å²) in [5.41, 5.74) is 1.19. The average molecular weight is 366 g/mol. The van der Waals surface area contributed by atoms with Crippen LogP contribution < -0.4 is 4.74 Å². The fraction of sp³-hybridized carbons (Fsp3) is 0.391. The van der Waals surface area contributed by atoms with Gasteiger partial charge in [-0.25, -0.2) is 0 Å². The Kier molecular flexibility index (Phi) is 5.19. The number of hydrogen-bond acceptors (Lipinski definition) is 4. The molecule has 0 bridgehead atoms. The maximum absolute atomic E-state index is 10.8. The molecule has 2 unspecified atom stereocenters. The third-order valence-corrected chi connectivity index (χ3v) is 5.21. The molecule has 2 atom stereocenters. The number of aryl methyl sites for hydroxylation is 1. The van der Waals surface area contributed by atoms with Crippen LogP contribution in [0.15, 0.2) is 42.5 Å². The van der Waals surface area contributed by atoms with Crippen LogP contribution >= 0.6 is 0 Å². The molecule has 4 rings (SSSR count). The van der Waals surface area contributed by atoms with E-state index in [-0.39, 0.29) is 12.2 Å². The average Bonchev–Trinajstić information content (AvgIpc) is 3.54. The predicted octanol–water partition coefficient (Wildman–Crippen LogP) is 4.83. The van der Waals surface area contributed by atoms with Gasteiger partial charge in [-0.1, -0.05) is 50.2 Å². The number of phenolic OH excluding ortho intramolecular Hbond substituents is 1. The molecular weight excluding hydrogens is 340 g/mol. The molecule has 0 saturated carbocycles. The van der Waals surface area contributed by atoms with Gasteiger partial charge in [0.2, 0.25) is 0 Å². The summed E-state index contributed by atoms with van der Waals surface area (Å²) in [5.74, 6) is 1.13. The van der Waals surface area contributed by atoms with Gasteiger partial charge in [0, 0.05) is 21.5 Å². The summed E-state index contributed by atoms with van der Waals surface area (Å²) in [4.78, 5) is 0. The molecule has 0 spiro atoms. The Hall–Kier alpha value is -2.30. The highest BCUT2D eigenvalue weighted by Gasteiger charge is 2.24. The summed E-state index contributed by atoms with van der Waals surface area (Å²) in [6.45, 7) is 6.11. The van der Waals surface area contributed by atoms with Gasteiger partial charge in [-0.15, -0.1) is 0 Å². The van der Waals surface area contributed by atoms with E-state index in [1.165, 1.54) is 5.56 Å². The lowest BCUT2D eigenvalue weighted by molar-refractivity contribution is 0.0114. The highest BCUT2D eigenvalue weighted by molar-refractivity contribution is 6.10. The number of ether oxygens (including phenoxy) is 3. The van der Waals surface area contributed by atoms with Crippen molar-refractivity contribution in [1.82, 2.24) is 0 Å². The highest BCUT2D eigenvalue weighted by Crippen LogP contribution is 2.42. The van der Waals surface area contributed by atoms with Crippen LogP contribution in [0, 0.1) is 0 Å². The van der Waals surface area contributed by atoms with Crippen molar-refractivity contribution in [2.75, 3.05) is 19.8 Å². The van der Waals surface area contributed by atoms with Crippen LogP contribution in [0.1, 0.15) is 25.8 Å². The third kappa shape index (κ3) is 3.73. The lowest BCUT2D eigenvalue weighted by Crippen LogP contribution is -2.23. The summed E-state index contributed by atoms with van der Waals surface area (Å²) in [6, 6.07) is 14.1. The van der Waals surface area contributed by atoms with Gasteiger partial charge in [0.1, 0.15) is 24.2 Å². The molecule has 1 saturated heterocycles. The fourth-order valence-corrected chi connectivity index (χ4v) is 3.41. The summed E-state index contributed by atoms with van der Waals surface area (Å²) >= 11 is 0. The molecule has 3 aromatic rings. The number of aromatic hydroxyl groups is 1. The van der Waals surface area contributed by atoms with Crippen molar-refractivity contribution in [3.8, 4) is 11.5 Å². The number of hydrogen-bond donors (Lipinski definition) is 1. The van der Waals surface area contributed by atoms with Gasteiger partial charge in [-0.3, -0.25) is 0 Å². The van der Waals surface area contributed by atoms with Crippen molar-refractivity contribution in [2.24, 2.45) is 0 Å². The van der Waals surface area contributed by atoms with E-state index in [0.717, 1.165) is 46.7 Å². The maximum Gasteiger partial charge on any atom is 0.135 e. The molecule has 0 aliphatic carbocycles. The quantitative estimate of drug-likeness (QED) is 0.458. The molecule has 1 heterocycles. The first kappa shape index (κ1) is 18.1. The number of fused-ring (bicyclic) bond motifs is 2. The molecule has 1 N–H and O–H groups in total. The molecule has 1 fully saturated rings. The van der Waals surface area contributed by atoms with Crippen molar-refractivity contribution >= 4 is 21.5 Å². The van der Waals surface area contributed by atoms with Crippen LogP contribution in [0.2, 0.25) is 0 Å². The topological polar surface area (TPSA) is 51.2 Å². The molecule has 1 aliphatic rings. The molecule has 27 heavy (non-hydrogen) atoms. The number of epoxide rings is 1. The molecule has 3 aromatic carbocycles. The first-order valence-corrected chi connectivity index (χ1v) is 9.73. The first-order chi connectivity index (χ1) is 13.2. The lowest BCUT2D eigenvalue weighted by Gasteiger charge is -2.19. The Bertz CT molecular complexity index is 946. The van der Waals surface area contributed by atoms with E-state index < -0.39 is 0 Å². The van der Waals surface area contributed by atoms with E-state index in [1.807, 2.05) is 24.3 Å². The molecule has 4 heteroatoms. The minimum atomic E-state index is 0.0201. The van der Waals surface area contributed by atoms with E-state index in [9.17, 15) is 5.11 Å². The van der Waals surface area contributed by atoms with Crippen LogP contribution in [0.25, 0.3) is 21.5 Å². The zero-order chi connectivity index (χ0) is 18.8. The monoisotopic (exact) mass is 366 g/mol. The second kappa shape index (κ2) is 7.75. The second-order valence-electron chi connectivity index (χ2n) is 7.09. The van der Waals surface area contributed by atoms with Gasteiger partial charge < -0.3 is 19.3 Å². The molecule has 0 radical (unpaired) electrons. The predicted molar refractivity (Wildman–Crippen MR) is 108 cm³/mol. The van der Waals surface area contributed by atoms with Crippen molar-refractivity contribution < 1.29 is 19.3 Å². The SMILES string of the molecule is CCc1ccc2c(OCC(CC)OCC3CO3)c3ccccc3c(O)c2c1. The molecule has 0 amide bonds. The van der Waals surface area contributed by atoms with Crippen LogP contribution in [-0.2, 0) is 15.9 Å². The number of phenols is 1. The zero-order valence-corrected chi connectivity index (χ0v) is 15.9. The minimum absolute atomic E-state index is 0.0201. The largest absolute Gasteiger partial charge is 0.507 e. The zero-order valence-electron chi connectivity index (χ0n) is 15.9. The minimum Gasteiger partial charge on any atom is -0.507 e. The van der Waals surface area contributed by atoms with Gasteiger partial charge in [-0.05, 0) is 24.5 Å². The van der Waals surface area contributed by atoms with Crippen LogP contribution in [0.3, 0.4) is 0 Å². The Balaban J connectivity index is 1.71. The summed E-state index contributed by atoms with van der Waals surface area (Å²) in [6.07, 6.45) is 2.07. The van der Waals surface area contributed by atoms with Gasteiger partial charge in [-0.2, -0.15) is 0 Å². The standard InChI is InChI=1S/C23H26O4/c1-3-15-9-10-20-21(11-15)22(24)18-7-5-6-8-19(18)23(20)27-12-16(4-2)25-13-17-14-26-17/h5-11,16-17,24H,3-4,12-14H2,1-2H3. The van der Waals surface area contributed by atoms with Gasteiger partial charge in [0.25, 0.3) is 0 Å². The van der Waals surface area contributed by atoms with Gasteiger partial charge in [0.05, 0.1) is 19.3 Å². The van der Waals surface area contributed by atoms with Crippen LogP contribution in [0.5, 0.6) is 11.5 Å². The van der Waals surface area contributed by atoms with E-state index in [1.54, 1.807) is 0 Å². The van der Waals surface area contributed by atoms with Crippen molar-refractivity contribution in [1.29, 1.82) is 0 Å². The third-order valence-electron chi connectivity index (χ3n) is 5.21. The van der Waals surface area contributed by atoms with Gasteiger partial charge >= 0.3 is 0 Å². The van der Waals surface area contributed by atoms with Crippen LogP contribution in [-0.4, -0.2) is 37.1 Å². The van der Waals surface area contributed by atoms with Crippen molar-refractivity contribution in [2.45, 2.75) is 38.9 Å². The fourth-order valence-electron chi connectivity index (χ4n) is 3.41. The van der Waals surface area contributed by atoms with Gasteiger partial charge in [0.15, 0.2) is 0 Å². The Labute approximate surface area is 159 Å². The number of rotatable bonds is 8. The molecule has 142 valence electrons. The van der Waals surface area contributed by atoms with Crippen molar-refractivity contribution in [3.63, 3.8) is 0 Å². The Morgan fingerprint density at radius 2 is 1.81 bits per heavy atom. The molecule has 4 nitrogen and oxygen atoms in total. The van der Waals surface area contributed by atoms with E-state index >= 15 is 0 Å². The maximum atomic E-state index is 10.8. The Morgan fingerprint density at radius 3 is 2.52 bits per heavy atom. The van der Waals surface area contributed by atoms with E-state index in [4.69, 9.17) is 14.2 Å². The second-order valence-corrected chi connectivity index (χ2v) is 7.09. The van der Waals surface area contributed by atoms with E-state index in [0.29, 0.717) is 19.0 Å².